The molecule has 2 amide bonds. The van der Waals surface area contributed by atoms with Gasteiger partial charge in [0.15, 0.2) is 0 Å². The summed E-state index contributed by atoms with van der Waals surface area (Å²) in [6, 6.07) is 8.02. The molecule has 1 aromatic heterocycles. The molecule has 7 heteroatoms. The second-order valence-electron chi connectivity index (χ2n) is 8.26. The maximum absolute atomic E-state index is 12.9. The summed E-state index contributed by atoms with van der Waals surface area (Å²) < 4.78 is 0. The van der Waals surface area contributed by atoms with Gasteiger partial charge in [-0.15, -0.1) is 0 Å². The molecule has 2 N–H and O–H groups in total. The van der Waals surface area contributed by atoms with Crippen molar-refractivity contribution >= 4 is 17.5 Å². The van der Waals surface area contributed by atoms with E-state index >= 15 is 0 Å². The molecule has 1 aromatic carbocycles. The van der Waals surface area contributed by atoms with Crippen LogP contribution < -0.4 is 15.1 Å². The minimum absolute atomic E-state index is 0.0586. The number of rotatable bonds is 4. The predicted octanol–water partition coefficient (Wildman–Crippen LogP) is 1.66. The Morgan fingerprint density at radius 1 is 1.10 bits per heavy atom. The first-order chi connectivity index (χ1) is 14.6. The summed E-state index contributed by atoms with van der Waals surface area (Å²) in [4.78, 5) is 28.3. The topological polar surface area (TPSA) is 65.8 Å². The molecule has 2 aliphatic rings. The lowest BCUT2D eigenvalue weighted by Crippen LogP contribution is -3.14. The number of carbonyl (C=O) groups is 1. The lowest BCUT2D eigenvalue weighted by atomic mass is 10.1. The Hall–Kier alpha value is -2.67. The number of aromatic nitrogens is 2. The Kier molecular flexibility index (Phi) is 6.18. The zero-order valence-corrected chi connectivity index (χ0v) is 18.4. The number of quaternary nitrogens is 1. The molecular weight excluding hydrogens is 376 g/mol. The van der Waals surface area contributed by atoms with E-state index in [-0.39, 0.29) is 6.03 Å². The molecule has 1 fully saturated rings. The Bertz CT molecular complexity index is 889. The maximum Gasteiger partial charge on any atom is 0.322 e. The molecule has 0 unspecified atom stereocenters. The minimum atomic E-state index is -0.0586. The molecule has 7 nitrogen and oxygen atoms in total. The van der Waals surface area contributed by atoms with Crippen molar-refractivity contribution < 1.29 is 9.69 Å². The van der Waals surface area contributed by atoms with Crippen LogP contribution in [0.2, 0.25) is 0 Å². The number of nitrogens with zero attached hydrogens (tertiary/aromatic N) is 4. The smallest absolute Gasteiger partial charge is 0.322 e. The van der Waals surface area contributed by atoms with E-state index in [0.29, 0.717) is 13.1 Å². The summed E-state index contributed by atoms with van der Waals surface area (Å²) in [5.41, 5.74) is 4.31. The SMILES string of the molecule is CCc1ccc(NC(=O)N2CCc3nc(C)nc(N4CC[NH+](CC)CC4)c3C2)cc1. The average molecular weight is 410 g/mol. The fourth-order valence-corrected chi connectivity index (χ4v) is 4.37. The fourth-order valence-electron chi connectivity index (χ4n) is 4.37. The van der Waals surface area contributed by atoms with Crippen LogP contribution in [0.5, 0.6) is 0 Å². The van der Waals surface area contributed by atoms with Crippen LogP contribution in [-0.2, 0) is 19.4 Å². The molecule has 30 heavy (non-hydrogen) atoms. The molecule has 2 aromatic rings. The molecule has 160 valence electrons. The fraction of sp³-hybridized carbons (Fsp3) is 0.522. The van der Waals surface area contributed by atoms with Crippen molar-refractivity contribution in [3.8, 4) is 0 Å². The number of nitrogens with one attached hydrogen (secondary N) is 2. The summed E-state index contributed by atoms with van der Waals surface area (Å²) in [6.07, 6.45) is 1.77. The number of likely N-dealkylation sites (N-methyl/N-ethyl adjacent to an activating group) is 1. The number of fused-ring (bicyclic) bond motifs is 1. The molecule has 0 radical (unpaired) electrons. The van der Waals surface area contributed by atoms with Gasteiger partial charge in [-0.1, -0.05) is 19.1 Å². The van der Waals surface area contributed by atoms with Gasteiger partial charge in [0, 0.05) is 24.2 Å². The van der Waals surface area contributed by atoms with Crippen LogP contribution in [-0.4, -0.2) is 60.2 Å². The molecule has 0 spiro atoms. The predicted molar refractivity (Wildman–Crippen MR) is 119 cm³/mol. The van der Waals surface area contributed by atoms with E-state index in [1.165, 1.54) is 12.1 Å². The van der Waals surface area contributed by atoms with Crippen molar-refractivity contribution in [3.63, 3.8) is 0 Å². The van der Waals surface area contributed by atoms with Crippen molar-refractivity contribution in [1.82, 2.24) is 14.9 Å². The highest BCUT2D eigenvalue weighted by Crippen LogP contribution is 2.27. The van der Waals surface area contributed by atoms with Crippen LogP contribution in [0.15, 0.2) is 24.3 Å². The van der Waals surface area contributed by atoms with Crippen LogP contribution >= 0.6 is 0 Å². The van der Waals surface area contributed by atoms with Crippen LogP contribution in [0.1, 0.15) is 36.5 Å². The van der Waals surface area contributed by atoms with Gasteiger partial charge in [0.1, 0.15) is 11.6 Å². The zero-order chi connectivity index (χ0) is 21.1. The summed E-state index contributed by atoms with van der Waals surface area (Å²) in [6.45, 7) is 13.0. The normalized spacial score (nSPS) is 17.0. The number of hydrogen-bond donors (Lipinski definition) is 2. The number of piperazine rings is 1. The Morgan fingerprint density at radius 2 is 1.83 bits per heavy atom. The largest absolute Gasteiger partial charge is 0.345 e. The number of urea groups is 1. The zero-order valence-electron chi connectivity index (χ0n) is 18.4. The number of carbonyl (C=O) groups excluding carboxylic acids is 1. The number of amides is 2. The Morgan fingerprint density at radius 3 is 2.50 bits per heavy atom. The third-order valence-corrected chi connectivity index (χ3v) is 6.32. The monoisotopic (exact) mass is 409 g/mol. The van der Waals surface area contributed by atoms with Gasteiger partial charge in [0.05, 0.1) is 45.0 Å². The van der Waals surface area contributed by atoms with Crippen molar-refractivity contribution in [2.24, 2.45) is 0 Å². The van der Waals surface area contributed by atoms with Gasteiger partial charge in [-0.3, -0.25) is 0 Å². The van der Waals surface area contributed by atoms with Gasteiger partial charge in [0.2, 0.25) is 0 Å². The van der Waals surface area contributed by atoms with Gasteiger partial charge in [-0.05, 0) is 38.0 Å². The van der Waals surface area contributed by atoms with Crippen molar-refractivity contribution in [2.45, 2.75) is 40.2 Å². The molecule has 0 atom stereocenters. The van der Waals surface area contributed by atoms with Gasteiger partial charge in [-0.25, -0.2) is 14.8 Å². The lowest BCUT2D eigenvalue weighted by Gasteiger charge is -2.36. The Balaban J connectivity index is 1.50. The van der Waals surface area contributed by atoms with E-state index in [0.717, 1.165) is 67.6 Å². The van der Waals surface area contributed by atoms with Crippen molar-refractivity contribution in [3.05, 3.63) is 46.9 Å². The maximum atomic E-state index is 12.9. The van der Waals surface area contributed by atoms with E-state index in [1.807, 2.05) is 24.0 Å². The van der Waals surface area contributed by atoms with Crippen LogP contribution in [0.25, 0.3) is 0 Å². The lowest BCUT2D eigenvalue weighted by molar-refractivity contribution is -0.898. The Labute approximate surface area is 179 Å². The van der Waals surface area contributed by atoms with Gasteiger partial charge in [-0.2, -0.15) is 0 Å². The van der Waals surface area contributed by atoms with Gasteiger partial charge < -0.3 is 20.0 Å². The number of anilines is 2. The van der Waals surface area contributed by atoms with E-state index in [9.17, 15) is 4.79 Å². The molecule has 1 saturated heterocycles. The molecule has 2 aliphatic heterocycles. The molecule has 0 aliphatic carbocycles. The van der Waals surface area contributed by atoms with E-state index in [1.54, 1.807) is 4.90 Å². The highest BCUT2D eigenvalue weighted by Gasteiger charge is 2.29. The minimum Gasteiger partial charge on any atom is -0.345 e. The van der Waals surface area contributed by atoms with Crippen LogP contribution in [0.4, 0.5) is 16.3 Å². The number of hydrogen-bond acceptors (Lipinski definition) is 4. The quantitative estimate of drug-likeness (QED) is 0.806. The summed E-state index contributed by atoms with van der Waals surface area (Å²) in [5, 5.41) is 3.05. The molecule has 0 saturated carbocycles. The van der Waals surface area contributed by atoms with Crippen molar-refractivity contribution in [1.29, 1.82) is 0 Å². The molecular formula is C23H33N6O+. The highest BCUT2D eigenvalue weighted by atomic mass is 16.2. The summed E-state index contributed by atoms with van der Waals surface area (Å²) in [7, 11) is 0. The van der Waals surface area contributed by atoms with Crippen molar-refractivity contribution in [2.75, 3.05) is 49.5 Å². The van der Waals surface area contributed by atoms with Crippen LogP contribution in [0.3, 0.4) is 0 Å². The van der Waals surface area contributed by atoms with Gasteiger partial charge in [0.25, 0.3) is 0 Å². The molecule has 3 heterocycles. The second kappa shape index (κ2) is 9.00. The van der Waals surface area contributed by atoms with Crippen LogP contribution in [0, 0.1) is 6.92 Å². The molecule has 4 rings (SSSR count). The first-order valence-electron chi connectivity index (χ1n) is 11.2. The highest BCUT2D eigenvalue weighted by molar-refractivity contribution is 5.89. The van der Waals surface area contributed by atoms with E-state index in [4.69, 9.17) is 9.97 Å². The number of benzene rings is 1. The third-order valence-electron chi connectivity index (χ3n) is 6.32. The van der Waals surface area contributed by atoms with E-state index in [2.05, 4.69) is 36.2 Å². The summed E-state index contributed by atoms with van der Waals surface area (Å²) >= 11 is 0. The second-order valence-corrected chi connectivity index (χ2v) is 8.26. The number of aryl methyl sites for hydroxylation is 2. The third kappa shape index (κ3) is 4.41. The van der Waals surface area contributed by atoms with E-state index < -0.39 is 0 Å². The average Bonchev–Trinajstić information content (AvgIpc) is 2.78. The van der Waals surface area contributed by atoms with Gasteiger partial charge >= 0.3 is 6.03 Å². The standard InChI is InChI=1S/C23H32N6O/c1-4-18-6-8-19(9-7-18)26-23(30)29-11-10-21-20(16-29)22(25-17(3)24-21)28-14-12-27(5-2)13-15-28/h6-9H,4-5,10-16H2,1-3H3,(H,26,30)/p+1. The first-order valence-corrected chi connectivity index (χ1v) is 11.2. The molecule has 0 bridgehead atoms. The summed E-state index contributed by atoms with van der Waals surface area (Å²) in [5.74, 6) is 1.85. The first kappa shape index (κ1) is 20.6.